The van der Waals surface area contributed by atoms with Gasteiger partial charge >= 0.3 is 0 Å². The van der Waals surface area contributed by atoms with Crippen LogP contribution in [0.15, 0.2) is 67.3 Å². The van der Waals surface area contributed by atoms with Crippen molar-refractivity contribution in [3.05, 3.63) is 78.4 Å². The number of amides is 1. The predicted octanol–water partition coefficient (Wildman–Crippen LogP) is 4.04. The van der Waals surface area contributed by atoms with Crippen LogP contribution in [-0.4, -0.2) is 34.4 Å². The molecule has 1 atom stereocenters. The first kappa shape index (κ1) is 22.1. The lowest BCUT2D eigenvalue weighted by atomic mass is 10.1. The fourth-order valence-electron chi connectivity index (χ4n) is 3.06. The Balaban J connectivity index is 1.67. The maximum absolute atomic E-state index is 12.6. The summed E-state index contributed by atoms with van der Waals surface area (Å²) >= 11 is 0. The first-order valence-electron chi connectivity index (χ1n) is 10.4. The van der Waals surface area contributed by atoms with Crippen molar-refractivity contribution >= 4 is 12.0 Å². The number of ether oxygens (including phenoxy) is 2. The Morgan fingerprint density at radius 2 is 2.03 bits per heavy atom. The third kappa shape index (κ3) is 6.70. The number of hydrogen-bond acceptors (Lipinski definition) is 5. The highest BCUT2D eigenvalue weighted by molar-refractivity contribution is 5.92. The maximum atomic E-state index is 12.6. The van der Waals surface area contributed by atoms with Gasteiger partial charge in [0.25, 0.3) is 0 Å². The number of nitrogens with one attached hydrogen (secondary N) is 1. The van der Waals surface area contributed by atoms with Gasteiger partial charge in [0.05, 0.1) is 26.3 Å². The summed E-state index contributed by atoms with van der Waals surface area (Å²) in [6.07, 6.45) is 8.44. The van der Waals surface area contributed by atoms with Gasteiger partial charge < -0.3 is 14.8 Å². The summed E-state index contributed by atoms with van der Waals surface area (Å²) in [5.41, 5.74) is 1.84. The van der Waals surface area contributed by atoms with E-state index in [9.17, 15) is 4.79 Å². The third-order valence-electron chi connectivity index (χ3n) is 4.72. The molecule has 1 N–H and O–H groups in total. The number of hydrogen-bond donors (Lipinski definition) is 1. The van der Waals surface area contributed by atoms with Crippen LogP contribution in [0.5, 0.6) is 11.5 Å². The molecule has 162 valence electrons. The molecule has 0 radical (unpaired) electrons. The van der Waals surface area contributed by atoms with Gasteiger partial charge in [0.1, 0.15) is 12.7 Å². The normalized spacial score (nSPS) is 11.9. The van der Waals surface area contributed by atoms with Crippen LogP contribution in [0.2, 0.25) is 0 Å². The van der Waals surface area contributed by atoms with Crippen molar-refractivity contribution in [2.24, 2.45) is 0 Å². The molecule has 0 saturated heterocycles. The number of rotatable bonds is 11. The fourth-order valence-corrected chi connectivity index (χ4v) is 3.06. The summed E-state index contributed by atoms with van der Waals surface area (Å²) in [4.78, 5) is 16.6. The molecule has 7 nitrogen and oxygen atoms in total. The number of benzene rings is 2. The Bertz CT molecular complexity index is 972. The number of unbranched alkanes of at least 4 members (excludes halogenated alkanes) is 1. The number of methoxy groups -OCH3 is 1. The van der Waals surface area contributed by atoms with Crippen LogP contribution in [-0.2, 0) is 11.3 Å². The van der Waals surface area contributed by atoms with Crippen molar-refractivity contribution in [1.29, 1.82) is 0 Å². The molecule has 3 aromatic rings. The molecular formula is C24H28N4O3. The Morgan fingerprint density at radius 3 is 2.74 bits per heavy atom. The summed E-state index contributed by atoms with van der Waals surface area (Å²) in [5.74, 6) is 1.15. The van der Waals surface area contributed by atoms with Gasteiger partial charge in [0.2, 0.25) is 5.91 Å². The van der Waals surface area contributed by atoms with E-state index in [4.69, 9.17) is 9.47 Å². The molecular weight excluding hydrogens is 392 g/mol. The quantitative estimate of drug-likeness (QED) is 0.374. The summed E-state index contributed by atoms with van der Waals surface area (Å²) in [7, 11) is 1.61. The van der Waals surface area contributed by atoms with Gasteiger partial charge in [0.15, 0.2) is 11.5 Å². The van der Waals surface area contributed by atoms with Crippen LogP contribution in [0.25, 0.3) is 6.08 Å². The molecule has 1 heterocycles. The van der Waals surface area contributed by atoms with Gasteiger partial charge in [-0.05, 0) is 35.8 Å². The van der Waals surface area contributed by atoms with E-state index in [1.54, 1.807) is 24.2 Å². The van der Waals surface area contributed by atoms with Crippen LogP contribution in [0.3, 0.4) is 0 Å². The number of nitrogens with zero attached hydrogens (tertiary/aromatic N) is 3. The summed E-state index contributed by atoms with van der Waals surface area (Å²) in [6, 6.07) is 15.2. The summed E-state index contributed by atoms with van der Waals surface area (Å²) in [5, 5.41) is 7.19. The lowest BCUT2D eigenvalue weighted by Crippen LogP contribution is -2.30. The van der Waals surface area contributed by atoms with E-state index in [-0.39, 0.29) is 11.9 Å². The Kier molecular flexibility index (Phi) is 8.22. The Labute approximate surface area is 182 Å². The average Bonchev–Trinajstić information content (AvgIpc) is 3.31. The van der Waals surface area contributed by atoms with Crippen LogP contribution in [0.1, 0.15) is 36.9 Å². The SMILES string of the molecule is CCCCOc1ccc(/C=C/C(=O)NC(Cn2cncn2)c2ccccc2)cc1OC. The molecule has 7 heteroatoms. The smallest absolute Gasteiger partial charge is 0.244 e. The van der Waals surface area contributed by atoms with Gasteiger partial charge in [-0.2, -0.15) is 5.10 Å². The Hall–Kier alpha value is -3.61. The second-order valence-corrected chi connectivity index (χ2v) is 7.04. The van der Waals surface area contributed by atoms with E-state index in [2.05, 4.69) is 22.3 Å². The molecule has 0 aliphatic rings. The van der Waals surface area contributed by atoms with Crippen LogP contribution >= 0.6 is 0 Å². The fraction of sp³-hybridized carbons (Fsp3) is 0.292. The van der Waals surface area contributed by atoms with Crippen molar-refractivity contribution in [3.8, 4) is 11.5 Å². The van der Waals surface area contributed by atoms with Gasteiger partial charge in [-0.3, -0.25) is 9.48 Å². The zero-order valence-corrected chi connectivity index (χ0v) is 17.9. The second kappa shape index (κ2) is 11.5. The molecule has 0 fully saturated rings. The van der Waals surface area contributed by atoms with Crippen molar-refractivity contribution in [3.63, 3.8) is 0 Å². The molecule has 1 amide bonds. The Morgan fingerprint density at radius 1 is 1.19 bits per heavy atom. The van der Waals surface area contributed by atoms with Crippen LogP contribution in [0.4, 0.5) is 0 Å². The predicted molar refractivity (Wildman–Crippen MR) is 120 cm³/mol. The van der Waals surface area contributed by atoms with Crippen LogP contribution in [0, 0.1) is 0 Å². The van der Waals surface area contributed by atoms with E-state index in [0.29, 0.717) is 24.7 Å². The van der Waals surface area contributed by atoms with E-state index >= 15 is 0 Å². The highest BCUT2D eigenvalue weighted by Crippen LogP contribution is 2.28. The number of carbonyl (C=O) groups excluding carboxylic acids is 1. The molecule has 3 rings (SSSR count). The maximum Gasteiger partial charge on any atom is 0.244 e. The largest absolute Gasteiger partial charge is 0.493 e. The molecule has 0 aliphatic carbocycles. The van der Waals surface area contributed by atoms with E-state index < -0.39 is 0 Å². The molecule has 0 saturated carbocycles. The molecule has 1 unspecified atom stereocenters. The number of carbonyl (C=O) groups is 1. The summed E-state index contributed by atoms with van der Waals surface area (Å²) in [6.45, 7) is 3.26. The summed E-state index contributed by atoms with van der Waals surface area (Å²) < 4.78 is 12.9. The van der Waals surface area contributed by atoms with Gasteiger partial charge in [-0.15, -0.1) is 0 Å². The standard InChI is InChI=1S/C24H28N4O3/c1-3-4-14-31-22-12-10-19(15-23(22)30-2)11-13-24(29)27-21(16-28-18-25-17-26-28)20-8-6-5-7-9-20/h5-13,15,17-18,21H,3-4,14,16H2,1-2H3,(H,27,29)/b13-11+. The van der Waals surface area contributed by atoms with Gasteiger partial charge in [-0.1, -0.05) is 49.7 Å². The van der Waals surface area contributed by atoms with Gasteiger partial charge in [-0.25, -0.2) is 4.98 Å². The van der Waals surface area contributed by atoms with Crippen LogP contribution < -0.4 is 14.8 Å². The third-order valence-corrected chi connectivity index (χ3v) is 4.72. The topological polar surface area (TPSA) is 78.3 Å². The first-order chi connectivity index (χ1) is 15.2. The van der Waals surface area contributed by atoms with Gasteiger partial charge in [0, 0.05) is 6.08 Å². The average molecular weight is 421 g/mol. The first-order valence-corrected chi connectivity index (χ1v) is 10.4. The number of aromatic nitrogens is 3. The lowest BCUT2D eigenvalue weighted by molar-refractivity contribution is -0.117. The van der Waals surface area contributed by atoms with Crippen molar-refractivity contribution in [2.45, 2.75) is 32.4 Å². The minimum atomic E-state index is -0.232. The molecule has 0 spiro atoms. The second-order valence-electron chi connectivity index (χ2n) is 7.04. The lowest BCUT2D eigenvalue weighted by Gasteiger charge is -2.18. The minimum Gasteiger partial charge on any atom is -0.493 e. The monoisotopic (exact) mass is 420 g/mol. The molecule has 0 aliphatic heterocycles. The van der Waals surface area contributed by atoms with Crippen molar-refractivity contribution < 1.29 is 14.3 Å². The zero-order valence-electron chi connectivity index (χ0n) is 17.9. The molecule has 31 heavy (non-hydrogen) atoms. The minimum absolute atomic E-state index is 0.198. The van der Waals surface area contributed by atoms with E-state index in [0.717, 1.165) is 24.0 Å². The molecule has 1 aromatic heterocycles. The molecule has 2 aromatic carbocycles. The molecule has 0 bridgehead atoms. The highest BCUT2D eigenvalue weighted by Gasteiger charge is 2.14. The zero-order chi connectivity index (χ0) is 21.9. The highest BCUT2D eigenvalue weighted by atomic mass is 16.5. The van der Waals surface area contributed by atoms with Crippen molar-refractivity contribution in [2.75, 3.05) is 13.7 Å². The van der Waals surface area contributed by atoms with E-state index in [1.165, 1.54) is 12.4 Å². The van der Waals surface area contributed by atoms with Crippen molar-refractivity contribution in [1.82, 2.24) is 20.1 Å². The van der Waals surface area contributed by atoms with E-state index in [1.807, 2.05) is 48.5 Å².